The highest BCUT2D eigenvalue weighted by atomic mass is 16.4. The van der Waals surface area contributed by atoms with Gasteiger partial charge in [0.2, 0.25) is 0 Å². The lowest BCUT2D eigenvalue weighted by molar-refractivity contribution is 0.201. The van der Waals surface area contributed by atoms with Crippen LogP contribution in [0.3, 0.4) is 0 Å². The number of hydrogen-bond acceptors (Lipinski definition) is 2. The van der Waals surface area contributed by atoms with Crippen LogP contribution in [-0.2, 0) is 0 Å². The summed E-state index contributed by atoms with van der Waals surface area (Å²) >= 11 is 0. The number of carboxylic acid groups (broad SMARTS) is 1. The van der Waals surface area contributed by atoms with Crippen LogP contribution in [0.4, 0.5) is 10.5 Å². The Morgan fingerprint density at radius 1 is 0.677 bits per heavy atom. The van der Waals surface area contributed by atoms with Crippen molar-refractivity contribution in [2.75, 3.05) is 11.4 Å². The molecule has 170 valence electrons. The summed E-state index contributed by atoms with van der Waals surface area (Å²) in [6, 6.07) is 14.6. The van der Waals surface area contributed by atoms with E-state index < -0.39 is 6.09 Å². The molecule has 2 N–H and O–H groups in total. The minimum Gasteiger partial charge on any atom is -0.508 e. The number of hydrogen-bond donors (Lipinski definition) is 2. The summed E-state index contributed by atoms with van der Waals surface area (Å²) in [6.07, 6.45) is 14.3. The van der Waals surface area contributed by atoms with Crippen LogP contribution < -0.4 is 4.90 Å². The standard InChI is InChI=1S/C27H39NO3/c1-2-3-4-5-6-7-8-9-10-11-12-13-22-28(27(30)31)25-18-14-23(15-19-25)24-16-20-26(29)21-17-24/h14-21,29H,2-13,22H2,1H3,(H,30,31). The van der Waals surface area contributed by atoms with Crippen LogP contribution in [0.15, 0.2) is 48.5 Å². The van der Waals surface area contributed by atoms with Crippen molar-refractivity contribution in [3.05, 3.63) is 48.5 Å². The van der Waals surface area contributed by atoms with E-state index in [9.17, 15) is 15.0 Å². The molecule has 1 amide bonds. The summed E-state index contributed by atoms with van der Waals surface area (Å²) in [7, 11) is 0. The smallest absolute Gasteiger partial charge is 0.411 e. The van der Waals surface area contributed by atoms with Crippen molar-refractivity contribution in [2.24, 2.45) is 0 Å². The molecule has 0 fully saturated rings. The molecule has 0 bridgehead atoms. The molecule has 0 aromatic heterocycles. The monoisotopic (exact) mass is 425 g/mol. The SMILES string of the molecule is CCCCCCCCCCCCCCN(C(=O)O)c1ccc(-c2ccc(O)cc2)cc1. The number of anilines is 1. The third kappa shape index (κ3) is 9.46. The summed E-state index contributed by atoms with van der Waals surface area (Å²) in [6.45, 7) is 2.79. The first-order valence-corrected chi connectivity index (χ1v) is 12.0. The van der Waals surface area contributed by atoms with Gasteiger partial charge in [-0.05, 0) is 41.8 Å². The zero-order valence-corrected chi connectivity index (χ0v) is 19.1. The lowest BCUT2D eigenvalue weighted by atomic mass is 10.0. The third-order valence-corrected chi connectivity index (χ3v) is 5.85. The maximum absolute atomic E-state index is 11.7. The van der Waals surface area contributed by atoms with E-state index in [0.717, 1.165) is 24.0 Å². The van der Waals surface area contributed by atoms with Crippen molar-refractivity contribution < 1.29 is 15.0 Å². The number of rotatable bonds is 15. The Balaban J connectivity index is 1.66. The van der Waals surface area contributed by atoms with Gasteiger partial charge in [-0.25, -0.2) is 4.79 Å². The molecular weight excluding hydrogens is 386 g/mol. The Labute approximate surface area is 187 Å². The number of phenols is 1. The van der Waals surface area contributed by atoms with E-state index in [1.807, 2.05) is 36.4 Å². The molecule has 2 aromatic carbocycles. The number of carbonyl (C=O) groups is 1. The maximum atomic E-state index is 11.7. The van der Waals surface area contributed by atoms with Crippen molar-refractivity contribution in [1.29, 1.82) is 0 Å². The van der Waals surface area contributed by atoms with Gasteiger partial charge in [0.1, 0.15) is 5.75 Å². The van der Waals surface area contributed by atoms with Crippen LogP contribution in [0.2, 0.25) is 0 Å². The molecule has 0 spiro atoms. The summed E-state index contributed by atoms with van der Waals surface area (Å²) in [5.74, 6) is 0.236. The Morgan fingerprint density at radius 3 is 1.55 bits per heavy atom. The van der Waals surface area contributed by atoms with E-state index in [-0.39, 0.29) is 5.75 Å². The summed E-state index contributed by atoms with van der Waals surface area (Å²) in [4.78, 5) is 13.2. The molecule has 0 aliphatic heterocycles. The molecule has 2 aromatic rings. The second kappa shape index (κ2) is 14.5. The van der Waals surface area contributed by atoms with Gasteiger partial charge in [-0.15, -0.1) is 0 Å². The lowest BCUT2D eigenvalue weighted by Gasteiger charge is -2.19. The van der Waals surface area contributed by atoms with E-state index in [1.165, 1.54) is 69.1 Å². The minimum absolute atomic E-state index is 0.236. The predicted molar refractivity (Wildman–Crippen MR) is 130 cm³/mol. The van der Waals surface area contributed by atoms with Crippen LogP contribution in [0.5, 0.6) is 5.75 Å². The van der Waals surface area contributed by atoms with Gasteiger partial charge in [0, 0.05) is 12.2 Å². The molecule has 4 heteroatoms. The van der Waals surface area contributed by atoms with Gasteiger partial charge in [-0.1, -0.05) is 102 Å². The van der Waals surface area contributed by atoms with E-state index >= 15 is 0 Å². The van der Waals surface area contributed by atoms with Crippen LogP contribution in [-0.4, -0.2) is 22.9 Å². The van der Waals surface area contributed by atoms with E-state index in [2.05, 4.69) is 6.92 Å². The number of nitrogens with zero attached hydrogens (tertiary/aromatic N) is 1. The van der Waals surface area contributed by atoms with Crippen LogP contribution in [0.25, 0.3) is 11.1 Å². The molecule has 0 radical (unpaired) electrons. The number of phenolic OH excluding ortho intramolecular Hbond substituents is 1. The minimum atomic E-state index is -0.902. The Bertz CT molecular complexity index is 740. The van der Waals surface area contributed by atoms with E-state index in [1.54, 1.807) is 12.1 Å². The molecule has 2 rings (SSSR count). The van der Waals surface area contributed by atoms with Crippen LogP contribution in [0, 0.1) is 0 Å². The first-order valence-electron chi connectivity index (χ1n) is 12.0. The largest absolute Gasteiger partial charge is 0.508 e. The normalized spacial score (nSPS) is 10.9. The average Bonchev–Trinajstić information content (AvgIpc) is 2.77. The fourth-order valence-electron chi connectivity index (χ4n) is 3.93. The second-order valence-electron chi connectivity index (χ2n) is 8.42. The van der Waals surface area contributed by atoms with Crippen molar-refractivity contribution >= 4 is 11.8 Å². The Hall–Kier alpha value is -2.49. The van der Waals surface area contributed by atoms with Gasteiger partial charge < -0.3 is 10.2 Å². The van der Waals surface area contributed by atoms with Crippen molar-refractivity contribution in [3.63, 3.8) is 0 Å². The molecule has 4 nitrogen and oxygen atoms in total. The topological polar surface area (TPSA) is 60.8 Å². The van der Waals surface area contributed by atoms with Crippen molar-refractivity contribution in [2.45, 2.75) is 84.0 Å². The number of amides is 1. The first kappa shape index (κ1) is 24.8. The van der Waals surface area contributed by atoms with Crippen molar-refractivity contribution in [1.82, 2.24) is 0 Å². The van der Waals surface area contributed by atoms with Gasteiger partial charge in [0.25, 0.3) is 0 Å². The third-order valence-electron chi connectivity index (χ3n) is 5.85. The van der Waals surface area contributed by atoms with Gasteiger partial charge >= 0.3 is 6.09 Å². The zero-order chi connectivity index (χ0) is 22.3. The summed E-state index contributed by atoms with van der Waals surface area (Å²) < 4.78 is 0. The van der Waals surface area contributed by atoms with Crippen molar-refractivity contribution in [3.8, 4) is 16.9 Å². The van der Waals surface area contributed by atoms with Gasteiger partial charge in [-0.3, -0.25) is 4.90 Å². The average molecular weight is 426 g/mol. The molecule has 0 unspecified atom stereocenters. The molecule has 0 heterocycles. The number of unbranched alkanes of at least 4 members (excludes halogenated alkanes) is 11. The van der Waals surface area contributed by atoms with Gasteiger partial charge in [0.15, 0.2) is 0 Å². The zero-order valence-electron chi connectivity index (χ0n) is 19.1. The van der Waals surface area contributed by atoms with E-state index in [0.29, 0.717) is 12.2 Å². The Kier molecular flexibility index (Phi) is 11.6. The number of benzene rings is 2. The molecule has 0 aliphatic rings. The molecule has 0 saturated carbocycles. The fourth-order valence-corrected chi connectivity index (χ4v) is 3.93. The molecule has 0 saturated heterocycles. The Morgan fingerprint density at radius 2 is 1.10 bits per heavy atom. The highest BCUT2D eigenvalue weighted by Gasteiger charge is 2.13. The molecule has 31 heavy (non-hydrogen) atoms. The predicted octanol–water partition coefficient (Wildman–Crippen LogP) is 8.24. The summed E-state index contributed by atoms with van der Waals surface area (Å²) in [5.41, 5.74) is 2.70. The lowest BCUT2D eigenvalue weighted by Crippen LogP contribution is -2.30. The van der Waals surface area contributed by atoms with Crippen LogP contribution >= 0.6 is 0 Å². The molecule has 0 atom stereocenters. The highest BCUT2D eigenvalue weighted by molar-refractivity contribution is 5.86. The summed E-state index contributed by atoms with van der Waals surface area (Å²) in [5, 5.41) is 19.0. The highest BCUT2D eigenvalue weighted by Crippen LogP contribution is 2.25. The fraction of sp³-hybridized carbons (Fsp3) is 0.519. The molecular formula is C27H39NO3. The quantitative estimate of drug-likeness (QED) is 0.282. The van der Waals surface area contributed by atoms with E-state index in [4.69, 9.17) is 0 Å². The number of aromatic hydroxyl groups is 1. The maximum Gasteiger partial charge on any atom is 0.411 e. The second-order valence-corrected chi connectivity index (χ2v) is 8.42. The first-order chi connectivity index (χ1) is 15.1. The van der Waals surface area contributed by atoms with Crippen LogP contribution in [0.1, 0.15) is 84.0 Å². The van der Waals surface area contributed by atoms with Gasteiger partial charge in [-0.2, -0.15) is 0 Å². The molecule has 0 aliphatic carbocycles. The van der Waals surface area contributed by atoms with Gasteiger partial charge in [0.05, 0.1) is 0 Å².